The number of nitrogens with one attached hydrogen (secondary N) is 1. The zero-order valence-electron chi connectivity index (χ0n) is 7.17. The van der Waals surface area contributed by atoms with Crippen LogP contribution in [0.4, 0.5) is 0 Å². The molecule has 1 unspecified atom stereocenters. The summed E-state index contributed by atoms with van der Waals surface area (Å²) in [4.78, 5) is 3.92. The molecule has 0 aliphatic carbocycles. The number of nitrogens with zero attached hydrogens (tertiary/aromatic N) is 1. The zero-order valence-corrected chi connectivity index (χ0v) is 7.17. The molecule has 11 heavy (non-hydrogen) atoms. The third kappa shape index (κ3) is 5.66. The highest BCUT2D eigenvalue weighted by molar-refractivity contribution is 5.77. The fraction of sp³-hybridized carbons (Fsp3) is 0.857. The van der Waals surface area contributed by atoms with Crippen LogP contribution in [0.15, 0.2) is 4.99 Å². The minimum absolute atomic E-state index is 0.368. The van der Waals surface area contributed by atoms with Gasteiger partial charge in [0.05, 0.1) is 12.6 Å². The number of aliphatic hydroxyl groups is 1. The van der Waals surface area contributed by atoms with Gasteiger partial charge in [0.25, 0.3) is 0 Å². The van der Waals surface area contributed by atoms with Gasteiger partial charge in [0.2, 0.25) is 0 Å². The van der Waals surface area contributed by atoms with Gasteiger partial charge >= 0.3 is 0 Å². The third-order valence-corrected chi connectivity index (χ3v) is 1.30. The average Bonchev–Trinajstić information content (AvgIpc) is 2.01. The maximum atomic E-state index is 9.08. The Morgan fingerprint density at radius 2 is 2.27 bits per heavy atom. The molecule has 0 amide bonds. The first-order valence-electron chi connectivity index (χ1n) is 3.92. The fourth-order valence-corrected chi connectivity index (χ4v) is 0.570. The number of hydrogen-bond donors (Lipinski definition) is 3. The predicted molar refractivity (Wildman–Crippen MR) is 46.5 cm³/mol. The second kappa shape index (κ2) is 5.97. The second-order valence-corrected chi connectivity index (χ2v) is 2.32. The molecule has 0 aromatic carbocycles. The van der Waals surface area contributed by atoms with E-state index in [1.807, 2.05) is 13.8 Å². The predicted octanol–water partition coefficient (Wildman–Crippen LogP) is -0.318. The Morgan fingerprint density at radius 3 is 2.73 bits per heavy atom. The van der Waals surface area contributed by atoms with Gasteiger partial charge < -0.3 is 16.2 Å². The maximum absolute atomic E-state index is 9.08. The molecule has 0 heterocycles. The van der Waals surface area contributed by atoms with Crippen molar-refractivity contribution in [1.82, 2.24) is 5.32 Å². The quantitative estimate of drug-likeness (QED) is 0.389. The summed E-state index contributed by atoms with van der Waals surface area (Å²) in [6.45, 7) is 5.00. The number of aliphatic imine (C=N–C) groups is 1. The van der Waals surface area contributed by atoms with Crippen molar-refractivity contribution in [1.29, 1.82) is 0 Å². The van der Waals surface area contributed by atoms with Crippen molar-refractivity contribution in [2.24, 2.45) is 10.7 Å². The van der Waals surface area contributed by atoms with E-state index in [1.165, 1.54) is 0 Å². The molecule has 0 rings (SSSR count). The van der Waals surface area contributed by atoms with Gasteiger partial charge in [-0.1, -0.05) is 6.92 Å². The van der Waals surface area contributed by atoms with Crippen molar-refractivity contribution in [3.05, 3.63) is 0 Å². The van der Waals surface area contributed by atoms with E-state index in [0.717, 1.165) is 6.54 Å². The van der Waals surface area contributed by atoms with Crippen LogP contribution in [0, 0.1) is 0 Å². The van der Waals surface area contributed by atoms with Crippen LogP contribution in [-0.2, 0) is 0 Å². The van der Waals surface area contributed by atoms with Crippen molar-refractivity contribution < 1.29 is 5.11 Å². The van der Waals surface area contributed by atoms with Crippen LogP contribution < -0.4 is 11.1 Å². The number of aliphatic hydroxyl groups excluding tert-OH is 1. The lowest BCUT2D eigenvalue weighted by Crippen LogP contribution is -2.32. The van der Waals surface area contributed by atoms with E-state index in [0.29, 0.717) is 18.9 Å². The normalized spacial score (nSPS) is 14.6. The fourth-order valence-electron chi connectivity index (χ4n) is 0.570. The highest BCUT2D eigenvalue weighted by Crippen LogP contribution is 1.88. The Balaban J connectivity index is 3.54. The topological polar surface area (TPSA) is 70.6 Å². The van der Waals surface area contributed by atoms with E-state index in [9.17, 15) is 0 Å². The Hall–Kier alpha value is -0.770. The van der Waals surface area contributed by atoms with Crippen molar-refractivity contribution >= 4 is 5.96 Å². The summed E-state index contributed by atoms with van der Waals surface area (Å²) in [7, 11) is 0. The minimum atomic E-state index is -0.368. The summed E-state index contributed by atoms with van der Waals surface area (Å²) in [5, 5.41) is 11.9. The molecule has 0 aromatic heterocycles. The van der Waals surface area contributed by atoms with Crippen LogP contribution in [0.1, 0.15) is 20.3 Å². The lowest BCUT2D eigenvalue weighted by molar-refractivity contribution is 0.179. The molecule has 4 N–H and O–H groups in total. The smallest absolute Gasteiger partial charge is 0.188 e. The van der Waals surface area contributed by atoms with Crippen LogP contribution >= 0.6 is 0 Å². The molecule has 4 nitrogen and oxygen atoms in total. The van der Waals surface area contributed by atoms with Gasteiger partial charge in [-0.15, -0.1) is 0 Å². The number of nitrogens with two attached hydrogens (primary N) is 1. The first-order chi connectivity index (χ1) is 5.20. The van der Waals surface area contributed by atoms with Crippen LogP contribution in [0.2, 0.25) is 0 Å². The van der Waals surface area contributed by atoms with E-state index >= 15 is 0 Å². The van der Waals surface area contributed by atoms with Crippen molar-refractivity contribution in [3.63, 3.8) is 0 Å². The first kappa shape index (κ1) is 10.2. The summed E-state index contributed by atoms with van der Waals surface area (Å²) in [6.07, 6.45) is 0.343. The molecule has 0 bridgehead atoms. The van der Waals surface area contributed by atoms with Gasteiger partial charge in [0, 0.05) is 6.54 Å². The summed E-state index contributed by atoms with van der Waals surface area (Å²) >= 11 is 0. The van der Waals surface area contributed by atoms with E-state index in [-0.39, 0.29) is 6.10 Å². The first-order valence-corrected chi connectivity index (χ1v) is 3.92. The molecule has 0 fully saturated rings. The Morgan fingerprint density at radius 1 is 1.64 bits per heavy atom. The van der Waals surface area contributed by atoms with Crippen LogP contribution in [0.25, 0.3) is 0 Å². The number of guanidine groups is 1. The lowest BCUT2D eigenvalue weighted by atomic mass is 10.3. The highest BCUT2D eigenvalue weighted by Gasteiger charge is 1.97. The summed E-state index contributed by atoms with van der Waals surface area (Å²) in [6, 6.07) is 0. The van der Waals surface area contributed by atoms with Gasteiger partial charge in [0.15, 0.2) is 5.96 Å². The molecular weight excluding hydrogens is 142 g/mol. The van der Waals surface area contributed by atoms with Crippen molar-refractivity contribution in [2.75, 3.05) is 13.1 Å². The number of hydrogen-bond acceptors (Lipinski definition) is 2. The van der Waals surface area contributed by atoms with Crippen LogP contribution in [0.5, 0.6) is 0 Å². The molecule has 0 saturated carbocycles. The lowest BCUT2D eigenvalue weighted by Gasteiger charge is -2.04. The van der Waals surface area contributed by atoms with E-state index in [4.69, 9.17) is 10.8 Å². The van der Waals surface area contributed by atoms with Gasteiger partial charge in [-0.3, -0.25) is 4.99 Å². The molecule has 0 aliphatic heterocycles. The summed E-state index contributed by atoms with van der Waals surface area (Å²) < 4.78 is 0. The van der Waals surface area contributed by atoms with Gasteiger partial charge in [-0.05, 0) is 13.3 Å². The summed E-state index contributed by atoms with van der Waals surface area (Å²) in [5.74, 6) is 0.403. The van der Waals surface area contributed by atoms with Crippen LogP contribution in [-0.4, -0.2) is 30.3 Å². The zero-order chi connectivity index (χ0) is 8.69. The van der Waals surface area contributed by atoms with E-state index in [2.05, 4.69) is 10.3 Å². The number of rotatable bonds is 4. The van der Waals surface area contributed by atoms with Gasteiger partial charge in [-0.25, -0.2) is 0 Å². The van der Waals surface area contributed by atoms with Gasteiger partial charge in [0.1, 0.15) is 0 Å². The van der Waals surface area contributed by atoms with E-state index < -0.39 is 0 Å². The second-order valence-electron chi connectivity index (χ2n) is 2.32. The Kier molecular flexibility index (Phi) is 5.56. The SMILES string of the molecule is CCNC(N)=NCC(O)CC. The molecule has 1 atom stereocenters. The monoisotopic (exact) mass is 159 g/mol. The summed E-state index contributed by atoms with van der Waals surface area (Å²) in [5.41, 5.74) is 5.41. The largest absolute Gasteiger partial charge is 0.391 e. The van der Waals surface area contributed by atoms with Crippen LogP contribution in [0.3, 0.4) is 0 Å². The molecule has 66 valence electrons. The molecule has 0 aromatic rings. The third-order valence-electron chi connectivity index (χ3n) is 1.30. The van der Waals surface area contributed by atoms with Crippen molar-refractivity contribution in [2.45, 2.75) is 26.4 Å². The Bertz CT molecular complexity index is 125. The standard InChI is InChI=1S/C7H17N3O/c1-3-6(11)5-10-7(8)9-4-2/h6,11H,3-5H2,1-2H3,(H3,8,9,10). The average molecular weight is 159 g/mol. The molecule has 0 radical (unpaired) electrons. The molecule has 0 saturated heterocycles. The highest BCUT2D eigenvalue weighted by atomic mass is 16.3. The minimum Gasteiger partial charge on any atom is -0.391 e. The molecule has 4 heteroatoms. The van der Waals surface area contributed by atoms with E-state index in [1.54, 1.807) is 0 Å². The maximum Gasteiger partial charge on any atom is 0.188 e. The Labute approximate surface area is 67.5 Å². The van der Waals surface area contributed by atoms with Gasteiger partial charge in [-0.2, -0.15) is 0 Å². The van der Waals surface area contributed by atoms with Crippen molar-refractivity contribution in [3.8, 4) is 0 Å². The molecule has 0 spiro atoms. The molecule has 0 aliphatic rings. The molecular formula is C7H17N3O.